The van der Waals surface area contributed by atoms with Crippen LogP contribution in [0.1, 0.15) is 53.4 Å². The van der Waals surface area contributed by atoms with Crippen LogP contribution in [-0.4, -0.2) is 48.9 Å². The lowest BCUT2D eigenvalue weighted by molar-refractivity contribution is -0.140. The van der Waals surface area contributed by atoms with Crippen LogP contribution in [0.2, 0.25) is 0 Å². The highest BCUT2D eigenvalue weighted by molar-refractivity contribution is 6.03. The standard InChI is InChI=1S/C18H32N2O4/c1-13(2)6-5-10-24-11-8-19-16(21)7-9-20-17(22)12-15(14(3)4)18(20)23/h13-15H,5-12H2,1-4H3,(H,19,21). The highest BCUT2D eigenvalue weighted by Gasteiger charge is 2.39. The maximum Gasteiger partial charge on any atom is 0.233 e. The average molecular weight is 340 g/mol. The van der Waals surface area contributed by atoms with Crippen molar-refractivity contribution in [1.82, 2.24) is 10.2 Å². The summed E-state index contributed by atoms with van der Waals surface area (Å²) in [6, 6.07) is 0. The van der Waals surface area contributed by atoms with Crippen molar-refractivity contribution in [2.45, 2.75) is 53.4 Å². The van der Waals surface area contributed by atoms with E-state index in [9.17, 15) is 14.4 Å². The van der Waals surface area contributed by atoms with Gasteiger partial charge in [0.25, 0.3) is 0 Å². The van der Waals surface area contributed by atoms with E-state index < -0.39 is 0 Å². The molecule has 3 amide bonds. The predicted octanol–water partition coefficient (Wildman–Crippen LogP) is 1.98. The van der Waals surface area contributed by atoms with Crippen molar-refractivity contribution in [3.63, 3.8) is 0 Å². The van der Waals surface area contributed by atoms with Crippen LogP contribution in [0, 0.1) is 17.8 Å². The molecule has 0 aromatic rings. The summed E-state index contributed by atoms with van der Waals surface area (Å²) in [6.45, 7) is 10.1. The molecule has 1 saturated heterocycles. The maximum absolute atomic E-state index is 12.1. The van der Waals surface area contributed by atoms with Gasteiger partial charge in [-0.1, -0.05) is 27.7 Å². The fourth-order valence-electron chi connectivity index (χ4n) is 2.72. The molecule has 0 bridgehead atoms. The van der Waals surface area contributed by atoms with Crippen molar-refractivity contribution in [2.24, 2.45) is 17.8 Å². The highest BCUT2D eigenvalue weighted by Crippen LogP contribution is 2.26. The second-order valence-electron chi connectivity index (χ2n) is 7.19. The van der Waals surface area contributed by atoms with Gasteiger partial charge in [0.05, 0.1) is 6.61 Å². The summed E-state index contributed by atoms with van der Waals surface area (Å²) in [7, 11) is 0. The van der Waals surface area contributed by atoms with E-state index in [-0.39, 0.29) is 48.9 Å². The Kier molecular flexibility index (Phi) is 8.97. The molecule has 1 atom stereocenters. The lowest BCUT2D eigenvalue weighted by atomic mass is 9.94. The Labute approximate surface area is 145 Å². The topological polar surface area (TPSA) is 75.7 Å². The fourth-order valence-corrected chi connectivity index (χ4v) is 2.72. The van der Waals surface area contributed by atoms with Crippen molar-refractivity contribution in [3.8, 4) is 0 Å². The Morgan fingerprint density at radius 2 is 1.96 bits per heavy atom. The van der Waals surface area contributed by atoms with Gasteiger partial charge in [-0.3, -0.25) is 19.3 Å². The molecule has 1 fully saturated rings. The van der Waals surface area contributed by atoms with E-state index in [2.05, 4.69) is 19.2 Å². The van der Waals surface area contributed by atoms with E-state index in [1.165, 1.54) is 4.90 Å². The van der Waals surface area contributed by atoms with Gasteiger partial charge in [0.15, 0.2) is 0 Å². The Morgan fingerprint density at radius 3 is 2.54 bits per heavy atom. The third-order valence-corrected chi connectivity index (χ3v) is 4.28. The summed E-state index contributed by atoms with van der Waals surface area (Å²) in [6.07, 6.45) is 2.58. The zero-order valence-electron chi connectivity index (χ0n) is 15.5. The third-order valence-electron chi connectivity index (χ3n) is 4.28. The number of ether oxygens (including phenoxy) is 1. The minimum absolute atomic E-state index is 0.142. The molecule has 0 spiro atoms. The molecule has 24 heavy (non-hydrogen) atoms. The summed E-state index contributed by atoms with van der Waals surface area (Å²) in [5.41, 5.74) is 0. The number of nitrogens with one attached hydrogen (secondary N) is 1. The van der Waals surface area contributed by atoms with E-state index in [1.807, 2.05) is 13.8 Å². The van der Waals surface area contributed by atoms with Gasteiger partial charge < -0.3 is 10.1 Å². The van der Waals surface area contributed by atoms with Crippen LogP contribution < -0.4 is 5.32 Å². The number of nitrogens with zero attached hydrogens (tertiary/aromatic N) is 1. The van der Waals surface area contributed by atoms with Crippen molar-refractivity contribution in [1.29, 1.82) is 0 Å². The second-order valence-corrected chi connectivity index (χ2v) is 7.19. The van der Waals surface area contributed by atoms with E-state index in [0.29, 0.717) is 25.7 Å². The molecule has 6 nitrogen and oxygen atoms in total. The third kappa shape index (κ3) is 6.99. The van der Waals surface area contributed by atoms with Gasteiger partial charge in [0.2, 0.25) is 17.7 Å². The van der Waals surface area contributed by atoms with Gasteiger partial charge in [0, 0.05) is 38.5 Å². The number of rotatable bonds is 11. The zero-order chi connectivity index (χ0) is 18.1. The van der Waals surface area contributed by atoms with Gasteiger partial charge in [-0.05, 0) is 24.7 Å². The second kappa shape index (κ2) is 10.4. The highest BCUT2D eigenvalue weighted by atomic mass is 16.5. The minimum Gasteiger partial charge on any atom is -0.380 e. The molecule has 1 heterocycles. The van der Waals surface area contributed by atoms with Crippen LogP contribution in [0.25, 0.3) is 0 Å². The Balaban J connectivity index is 2.14. The van der Waals surface area contributed by atoms with E-state index in [1.54, 1.807) is 0 Å². The number of hydrogen-bond donors (Lipinski definition) is 1. The van der Waals surface area contributed by atoms with E-state index >= 15 is 0 Å². The zero-order valence-corrected chi connectivity index (χ0v) is 15.5. The summed E-state index contributed by atoms with van der Waals surface area (Å²) >= 11 is 0. The van der Waals surface area contributed by atoms with Crippen molar-refractivity contribution in [2.75, 3.05) is 26.3 Å². The lowest BCUT2D eigenvalue weighted by Crippen LogP contribution is -2.36. The molecule has 0 aromatic carbocycles. The van der Waals surface area contributed by atoms with Gasteiger partial charge in [-0.2, -0.15) is 0 Å². The molecule has 0 saturated carbocycles. The lowest BCUT2D eigenvalue weighted by Gasteiger charge is -2.16. The van der Waals surface area contributed by atoms with Gasteiger partial charge in [0.1, 0.15) is 0 Å². The van der Waals surface area contributed by atoms with Crippen LogP contribution in [0.3, 0.4) is 0 Å². The smallest absolute Gasteiger partial charge is 0.233 e. The Bertz CT molecular complexity index is 435. The number of carbonyl (C=O) groups excluding carboxylic acids is 3. The minimum atomic E-state index is -0.236. The van der Waals surface area contributed by atoms with E-state index in [0.717, 1.165) is 12.8 Å². The molecule has 1 rings (SSSR count). The summed E-state index contributed by atoms with van der Waals surface area (Å²) in [5, 5.41) is 2.76. The van der Waals surface area contributed by atoms with Crippen molar-refractivity contribution >= 4 is 17.7 Å². The normalized spacial score (nSPS) is 18.1. The molecular weight excluding hydrogens is 308 g/mol. The number of hydrogen-bond acceptors (Lipinski definition) is 4. The molecular formula is C18H32N2O4. The number of likely N-dealkylation sites (tertiary alicyclic amines) is 1. The first kappa shape index (κ1) is 20.6. The van der Waals surface area contributed by atoms with Crippen LogP contribution in [-0.2, 0) is 19.1 Å². The van der Waals surface area contributed by atoms with Gasteiger partial charge in [-0.15, -0.1) is 0 Å². The fraction of sp³-hybridized carbons (Fsp3) is 0.833. The number of carbonyl (C=O) groups is 3. The largest absolute Gasteiger partial charge is 0.380 e. The van der Waals surface area contributed by atoms with Crippen LogP contribution in [0.4, 0.5) is 0 Å². The van der Waals surface area contributed by atoms with Crippen LogP contribution in [0.5, 0.6) is 0 Å². The molecule has 138 valence electrons. The first-order valence-electron chi connectivity index (χ1n) is 9.01. The maximum atomic E-state index is 12.1. The number of imide groups is 1. The molecule has 6 heteroatoms. The molecule has 1 N–H and O–H groups in total. The first-order chi connectivity index (χ1) is 11.3. The Hall–Kier alpha value is -1.43. The SMILES string of the molecule is CC(C)CCCOCCNC(=O)CCN1C(=O)CC(C(C)C)C1=O. The van der Waals surface area contributed by atoms with Crippen LogP contribution in [0.15, 0.2) is 0 Å². The van der Waals surface area contributed by atoms with Crippen molar-refractivity contribution < 1.29 is 19.1 Å². The molecule has 1 aliphatic heterocycles. The predicted molar refractivity (Wildman–Crippen MR) is 92.2 cm³/mol. The summed E-state index contributed by atoms with van der Waals surface area (Å²) in [4.78, 5) is 37.0. The van der Waals surface area contributed by atoms with Gasteiger partial charge >= 0.3 is 0 Å². The average Bonchev–Trinajstić information content (AvgIpc) is 2.79. The number of amides is 3. The van der Waals surface area contributed by atoms with Crippen molar-refractivity contribution in [3.05, 3.63) is 0 Å². The quantitative estimate of drug-likeness (QED) is 0.461. The Morgan fingerprint density at radius 1 is 1.25 bits per heavy atom. The van der Waals surface area contributed by atoms with Crippen LogP contribution >= 0.6 is 0 Å². The molecule has 0 radical (unpaired) electrons. The summed E-state index contributed by atoms with van der Waals surface area (Å²) < 4.78 is 5.45. The molecule has 0 aliphatic carbocycles. The molecule has 1 aliphatic rings. The molecule has 1 unspecified atom stereocenters. The first-order valence-corrected chi connectivity index (χ1v) is 9.01. The monoisotopic (exact) mass is 340 g/mol. The van der Waals surface area contributed by atoms with Gasteiger partial charge in [-0.25, -0.2) is 0 Å². The van der Waals surface area contributed by atoms with E-state index in [4.69, 9.17) is 4.74 Å². The summed E-state index contributed by atoms with van der Waals surface area (Å²) in [5.74, 6) is 0.123. The molecule has 0 aromatic heterocycles.